The van der Waals surface area contributed by atoms with Crippen molar-refractivity contribution in [3.05, 3.63) is 53.9 Å². The third kappa shape index (κ3) is 4.42. The van der Waals surface area contributed by atoms with Crippen molar-refractivity contribution >= 4 is 16.7 Å². The molecular weight excluding hydrogens is 364 g/mol. The van der Waals surface area contributed by atoms with E-state index < -0.39 is 0 Å². The molecule has 1 heterocycles. The van der Waals surface area contributed by atoms with Crippen LogP contribution in [0.2, 0.25) is 0 Å². The summed E-state index contributed by atoms with van der Waals surface area (Å²) in [5.74, 6) is 0.649. The molecule has 1 aromatic heterocycles. The van der Waals surface area contributed by atoms with Crippen LogP contribution in [-0.2, 0) is 0 Å². The van der Waals surface area contributed by atoms with Crippen LogP contribution in [0.5, 0.6) is 5.75 Å². The lowest BCUT2D eigenvalue weighted by molar-refractivity contribution is 0.0934. The molecule has 1 N–H and O–H groups in total. The van der Waals surface area contributed by atoms with Crippen LogP contribution < -0.4 is 10.1 Å². The van der Waals surface area contributed by atoms with Crippen LogP contribution in [0.15, 0.2) is 42.6 Å². The van der Waals surface area contributed by atoms with Crippen molar-refractivity contribution in [3.8, 4) is 5.75 Å². The first kappa shape index (κ1) is 19.4. The summed E-state index contributed by atoms with van der Waals surface area (Å²) >= 11 is 0. The fourth-order valence-corrected chi connectivity index (χ4v) is 4.07. The maximum absolute atomic E-state index is 12.7. The highest BCUT2D eigenvalue weighted by Gasteiger charge is 2.19. The molecule has 1 amide bonds. The van der Waals surface area contributed by atoms with E-state index in [0.29, 0.717) is 11.7 Å². The molecule has 2 aromatic carbocycles. The number of methoxy groups -OCH3 is 1. The van der Waals surface area contributed by atoms with E-state index in [1.807, 2.05) is 35.9 Å². The second-order valence-electron chi connectivity index (χ2n) is 7.90. The molecule has 0 bridgehead atoms. The van der Waals surface area contributed by atoms with Crippen molar-refractivity contribution in [1.82, 2.24) is 20.3 Å². The largest absolute Gasteiger partial charge is 0.497 e. The van der Waals surface area contributed by atoms with Gasteiger partial charge in [0.25, 0.3) is 5.91 Å². The highest BCUT2D eigenvalue weighted by atomic mass is 16.5. The summed E-state index contributed by atoms with van der Waals surface area (Å²) in [4.78, 5) is 12.7. The van der Waals surface area contributed by atoms with Gasteiger partial charge in [-0.15, -0.1) is 5.10 Å². The minimum Gasteiger partial charge on any atom is -0.497 e. The van der Waals surface area contributed by atoms with Crippen molar-refractivity contribution in [1.29, 1.82) is 0 Å². The van der Waals surface area contributed by atoms with Gasteiger partial charge < -0.3 is 10.1 Å². The number of aromatic nitrogens is 3. The van der Waals surface area contributed by atoms with Crippen LogP contribution in [0.4, 0.5) is 0 Å². The topological polar surface area (TPSA) is 69.0 Å². The Morgan fingerprint density at radius 2 is 1.83 bits per heavy atom. The van der Waals surface area contributed by atoms with E-state index in [1.165, 1.54) is 25.7 Å². The zero-order valence-electron chi connectivity index (χ0n) is 17.1. The first-order chi connectivity index (χ1) is 14.1. The zero-order valence-corrected chi connectivity index (χ0v) is 17.1. The van der Waals surface area contributed by atoms with Gasteiger partial charge in [0.15, 0.2) is 5.69 Å². The second kappa shape index (κ2) is 8.64. The van der Waals surface area contributed by atoms with Gasteiger partial charge in [-0.3, -0.25) is 4.79 Å². The highest BCUT2D eigenvalue weighted by Crippen LogP contribution is 2.27. The lowest BCUT2D eigenvalue weighted by Gasteiger charge is -2.15. The molecule has 0 aliphatic heterocycles. The Morgan fingerprint density at radius 3 is 2.59 bits per heavy atom. The molecule has 29 heavy (non-hydrogen) atoms. The van der Waals surface area contributed by atoms with Crippen LogP contribution in [-0.4, -0.2) is 28.0 Å². The molecule has 152 valence electrons. The van der Waals surface area contributed by atoms with Crippen LogP contribution in [0, 0.1) is 0 Å². The molecule has 1 atom stereocenters. The van der Waals surface area contributed by atoms with Crippen molar-refractivity contribution in [2.24, 2.45) is 0 Å². The number of hydrogen-bond acceptors (Lipinski definition) is 4. The lowest BCUT2D eigenvalue weighted by Crippen LogP contribution is -2.27. The van der Waals surface area contributed by atoms with Crippen molar-refractivity contribution in [3.63, 3.8) is 0 Å². The minimum atomic E-state index is -0.188. The van der Waals surface area contributed by atoms with Gasteiger partial charge in [-0.25, -0.2) is 4.68 Å². The van der Waals surface area contributed by atoms with E-state index in [1.54, 1.807) is 13.3 Å². The zero-order chi connectivity index (χ0) is 20.2. The average Bonchev–Trinajstić information content (AvgIpc) is 3.09. The molecule has 1 saturated carbocycles. The first-order valence-electron chi connectivity index (χ1n) is 10.4. The number of carbonyl (C=O) groups is 1. The summed E-state index contributed by atoms with van der Waals surface area (Å²) in [6.07, 6.45) is 9.03. The summed E-state index contributed by atoms with van der Waals surface area (Å²) in [7, 11) is 1.67. The third-order valence-electron chi connectivity index (χ3n) is 5.86. The van der Waals surface area contributed by atoms with Gasteiger partial charge in [0, 0.05) is 0 Å². The van der Waals surface area contributed by atoms with E-state index in [4.69, 9.17) is 4.74 Å². The molecule has 1 fully saturated rings. The predicted octanol–water partition coefficient (Wildman–Crippen LogP) is 4.83. The normalized spacial score (nSPS) is 16.3. The van der Waals surface area contributed by atoms with Gasteiger partial charge >= 0.3 is 0 Å². The number of ether oxygens (including phenoxy) is 1. The summed E-state index contributed by atoms with van der Waals surface area (Å²) in [6.45, 7) is 1.98. The minimum absolute atomic E-state index is 0.128. The van der Waals surface area contributed by atoms with Gasteiger partial charge in [0.05, 0.1) is 25.4 Å². The number of carbonyl (C=O) groups excluding carboxylic acids is 1. The van der Waals surface area contributed by atoms with Crippen molar-refractivity contribution in [2.75, 3.05) is 7.11 Å². The van der Waals surface area contributed by atoms with Gasteiger partial charge in [-0.05, 0) is 54.3 Å². The Balaban J connectivity index is 1.44. The van der Waals surface area contributed by atoms with Crippen LogP contribution >= 0.6 is 0 Å². The SMILES string of the molecule is COc1ccc2cc([C@@H](C)NC(=O)c3cn(C4CCCCCC4)nn3)ccc2c1. The Morgan fingerprint density at radius 1 is 1.10 bits per heavy atom. The number of fused-ring (bicyclic) bond motifs is 1. The Hall–Kier alpha value is -2.89. The second-order valence-corrected chi connectivity index (χ2v) is 7.90. The molecule has 0 radical (unpaired) electrons. The number of hydrogen-bond donors (Lipinski definition) is 1. The van der Waals surface area contributed by atoms with Crippen LogP contribution in [0.3, 0.4) is 0 Å². The predicted molar refractivity (Wildman–Crippen MR) is 113 cm³/mol. The Bertz CT molecular complexity index is 989. The summed E-state index contributed by atoms with van der Waals surface area (Å²) in [5, 5.41) is 13.6. The molecule has 1 aliphatic rings. The quantitative estimate of drug-likeness (QED) is 0.632. The summed E-state index contributed by atoms with van der Waals surface area (Å²) in [5.41, 5.74) is 1.43. The van der Waals surface area contributed by atoms with Crippen molar-refractivity contribution < 1.29 is 9.53 Å². The molecule has 0 saturated heterocycles. The molecule has 1 aliphatic carbocycles. The van der Waals surface area contributed by atoms with E-state index in [9.17, 15) is 4.79 Å². The van der Waals surface area contributed by atoms with E-state index in [-0.39, 0.29) is 11.9 Å². The molecule has 3 aromatic rings. The number of nitrogens with one attached hydrogen (secondary N) is 1. The highest BCUT2D eigenvalue weighted by molar-refractivity contribution is 5.92. The fraction of sp³-hybridized carbons (Fsp3) is 0.435. The van der Waals surface area contributed by atoms with E-state index in [2.05, 4.69) is 27.8 Å². The van der Waals surface area contributed by atoms with E-state index in [0.717, 1.165) is 34.9 Å². The molecule has 0 spiro atoms. The summed E-state index contributed by atoms with van der Waals surface area (Å²) in [6, 6.07) is 12.4. The van der Waals surface area contributed by atoms with Gasteiger partial charge in [-0.1, -0.05) is 49.1 Å². The van der Waals surface area contributed by atoms with Gasteiger partial charge in [0.1, 0.15) is 5.75 Å². The lowest BCUT2D eigenvalue weighted by atomic mass is 10.0. The molecule has 4 rings (SSSR count). The fourth-order valence-electron chi connectivity index (χ4n) is 4.07. The number of amides is 1. The Kier molecular flexibility index (Phi) is 5.79. The summed E-state index contributed by atoms with van der Waals surface area (Å²) < 4.78 is 7.17. The smallest absolute Gasteiger partial charge is 0.273 e. The number of nitrogens with zero attached hydrogens (tertiary/aromatic N) is 3. The van der Waals surface area contributed by atoms with Crippen LogP contribution in [0.1, 0.15) is 73.6 Å². The first-order valence-corrected chi connectivity index (χ1v) is 10.4. The van der Waals surface area contributed by atoms with Gasteiger partial charge in [-0.2, -0.15) is 0 Å². The molecule has 6 heteroatoms. The van der Waals surface area contributed by atoms with Crippen molar-refractivity contribution in [2.45, 2.75) is 57.5 Å². The maximum Gasteiger partial charge on any atom is 0.273 e. The molecular formula is C23H28N4O2. The van der Waals surface area contributed by atoms with E-state index >= 15 is 0 Å². The third-order valence-corrected chi connectivity index (χ3v) is 5.86. The molecule has 0 unspecified atom stereocenters. The number of benzene rings is 2. The monoisotopic (exact) mass is 392 g/mol. The maximum atomic E-state index is 12.7. The van der Waals surface area contributed by atoms with Crippen LogP contribution in [0.25, 0.3) is 10.8 Å². The standard InChI is InChI=1S/C23H28N4O2/c1-16(17-9-10-19-14-21(29-2)12-11-18(19)13-17)24-23(28)22-15-27(26-25-22)20-7-5-3-4-6-8-20/h9-16,20H,3-8H2,1-2H3,(H,24,28)/t16-/m1/s1. The number of rotatable bonds is 5. The average molecular weight is 393 g/mol. The van der Waals surface area contributed by atoms with Gasteiger partial charge in [0.2, 0.25) is 0 Å². The molecule has 6 nitrogen and oxygen atoms in total. The Labute approximate surface area is 171 Å².